The van der Waals surface area contributed by atoms with Crippen LogP contribution in [-0.2, 0) is 11.0 Å². The summed E-state index contributed by atoms with van der Waals surface area (Å²) in [6.45, 7) is 2.33. The molecule has 0 bridgehead atoms. The predicted molar refractivity (Wildman–Crippen MR) is 78.0 cm³/mol. The van der Waals surface area contributed by atoms with E-state index in [2.05, 4.69) is 10.3 Å². The van der Waals surface area contributed by atoms with Crippen molar-refractivity contribution in [2.45, 2.75) is 25.4 Å². The van der Waals surface area contributed by atoms with Crippen LogP contribution in [0.15, 0.2) is 18.3 Å². The SMILES string of the molecule is Cl.O=C1CC2(CCNCC2)CN1c1ccc(C(F)(F)F)nc1. The van der Waals surface area contributed by atoms with Crippen molar-refractivity contribution in [3.05, 3.63) is 24.0 Å². The van der Waals surface area contributed by atoms with Gasteiger partial charge in [-0.1, -0.05) is 0 Å². The van der Waals surface area contributed by atoms with Crippen LogP contribution in [0, 0.1) is 5.41 Å². The monoisotopic (exact) mass is 335 g/mol. The Morgan fingerprint density at radius 3 is 2.45 bits per heavy atom. The number of nitrogens with one attached hydrogen (secondary N) is 1. The Morgan fingerprint density at radius 2 is 1.91 bits per heavy atom. The number of pyridine rings is 1. The Kier molecular flexibility index (Phi) is 4.67. The number of carbonyl (C=O) groups is 1. The van der Waals surface area contributed by atoms with E-state index in [1.54, 1.807) is 4.90 Å². The number of anilines is 1. The average Bonchev–Trinajstić information content (AvgIpc) is 2.75. The topological polar surface area (TPSA) is 45.2 Å². The van der Waals surface area contributed by atoms with E-state index in [0.717, 1.165) is 38.2 Å². The Bertz CT molecular complexity index is 541. The lowest BCUT2D eigenvalue weighted by Crippen LogP contribution is -2.38. The van der Waals surface area contributed by atoms with Crippen LogP contribution < -0.4 is 10.2 Å². The van der Waals surface area contributed by atoms with E-state index in [1.165, 1.54) is 6.07 Å². The van der Waals surface area contributed by atoms with Crippen molar-refractivity contribution in [3.63, 3.8) is 0 Å². The van der Waals surface area contributed by atoms with Crippen LogP contribution in [0.1, 0.15) is 25.0 Å². The van der Waals surface area contributed by atoms with Crippen molar-refractivity contribution in [2.24, 2.45) is 5.41 Å². The van der Waals surface area contributed by atoms with E-state index in [9.17, 15) is 18.0 Å². The van der Waals surface area contributed by atoms with Crippen molar-refractivity contribution in [1.29, 1.82) is 0 Å². The Balaban J connectivity index is 0.00000176. The molecule has 2 saturated heterocycles. The first-order chi connectivity index (χ1) is 9.90. The van der Waals surface area contributed by atoms with E-state index in [4.69, 9.17) is 0 Å². The summed E-state index contributed by atoms with van der Waals surface area (Å²) in [6.07, 6.45) is -1.01. The third-order valence-corrected chi connectivity index (χ3v) is 4.33. The van der Waals surface area contributed by atoms with Crippen molar-refractivity contribution in [1.82, 2.24) is 10.3 Å². The minimum absolute atomic E-state index is 0. The van der Waals surface area contributed by atoms with Crippen molar-refractivity contribution >= 4 is 24.0 Å². The molecule has 0 aliphatic carbocycles. The van der Waals surface area contributed by atoms with E-state index in [-0.39, 0.29) is 23.7 Å². The van der Waals surface area contributed by atoms with Gasteiger partial charge in [0.2, 0.25) is 5.91 Å². The van der Waals surface area contributed by atoms with Gasteiger partial charge in [0.25, 0.3) is 0 Å². The van der Waals surface area contributed by atoms with Crippen LogP contribution in [0.25, 0.3) is 0 Å². The number of nitrogens with zero attached hydrogens (tertiary/aromatic N) is 2. The minimum atomic E-state index is -4.45. The number of hydrogen-bond donors (Lipinski definition) is 1. The summed E-state index contributed by atoms with van der Waals surface area (Å²) in [5.41, 5.74) is -0.525. The number of hydrogen-bond acceptors (Lipinski definition) is 3. The molecule has 4 nitrogen and oxygen atoms in total. The van der Waals surface area contributed by atoms with Gasteiger partial charge in [-0.3, -0.25) is 4.79 Å². The molecule has 3 heterocycles. The fourth-order valence-corrected chi connectivity index (χ4v) is 3.14. The zero-order chi connectivity index (χ0) is 15.1. The predicted octanol–water partition coefficient (Wildman–Crippen LogP) is 2.63. The van der Waals surface area contributed by atoms with Crippen LogP contribution >= 0.6 is 12.4 Å². The zero-order valence-electron chi connectivity index (χ0n) is 11.8. The summed E-state index contributed by atoms with van der Waals surface area (Å²) in [5.74, 6) is -0.0292. The van der Waals surface area contributed by atoms with Gasteiger partial charge in [0.05, 0.1) is 11.9 Å². The standard InChI is InChI=1S/C14H16F3N3O.ClH/c15-14(16,17)11-2-1-10(8-19-11)20-9-13(7-12(20)21)3-5-18-6-4-13;/h1-2,8,18H,3-7,9H2;1H. The Labute approximate surface area is 132 Å². The second-order valence-electron chi connectivity index (χ2n) is 5.81. The first kappa shape index (κ1) is 17.0. The van der Waals surface area contributed by atoms with Crippen LogP contribution in [0.4, 0.5) is 18.9 Å². The van der Waals surface area contributed by atoms with Crippen molar-refractivity contribution < 1.29 is 18.0 Å². The minimum Gasteiger partial charge on any atom is -0.317 e. The summed E-state index contributed by atoms with van der Waals surface area (Å²) in [7, 11) is 0. The molecule has 1 spiro atoms. The molecule has 1 N–H and O–H groups in total. The van der Waals surface area contributed by atoms with Gasteiger partial charge in [0.1, 0.15) is 5.69 Å². The summed E-state index contributed by atoms with van der Waals surface area (Å²) in [4.78, 5) is 17.2. The molecule has 2 fully saturated rings. The number of alkyl halides is 3. The maximum absolute atomic E-state index is 12.5. The normalized spacial score (nSPS) is 21.0. The fraction of sp³-hybridized carbons (Fsp3) is 0.571. The third kappa shape index (κ3) is 3.20. The molecule has 122 valence electrons. The Morgan fingerprint density at radius 1 is 1.23 bits per heavy atom. The van der Waals surface area contributed by atoms with Crippen LogP contribution in [0.5, 0.6) is 0 Å². The van der Waals surface area contributed by atoms with E-state index in [0.29, 0.717) is 18.7 Å². The molecule has 0 radical (unpaired) electrons. The molecule has 2 aliphatic rings. The van der Waals surface area contributed by atoms with E-state index in [1.807, 2.05) is 0 Å². The molecule has 22 heavy (non-hydrogen) atoms. The number of halogens is 4. The molecule has 0 aromatic carbocycles. The highest BCUT2D eigenvalue weighted by Gasteiger charge is 2.44. The first-order valence-corrected chi connectivity index (χ1v) is 6.94. The number of carbonyl (C=O) groups excluding carboxylic acids is 1. The molecular weight excluding hydrogens is 319 g/mol. The van der Waals surface area contributed by atoms with Gasteiger partial charge >= 0.3 is 6.18 Å². The van der Waals surface area contributed by atoms with Gasteiger partial charge in [-0.05, 0) is 43.5 Å². The molecule has 1 aromatic heterocycles. The number of aromatic nitrogens is 1. The second kappa shape index (κ2) is 6.04. The largest absolute Gasteiger partial charge is 0.433 e. The summed E-state index contributed by atoms with van der Waals surface area (Å²) < 4.78 is 37.5. The number of amides is 1. The highest BCUT2D eigenvalue weighted by Crippen LogP contribution is 2.41. The highest BCUT2D eigenvalue weighted by atomic mass is 35.5. The zero-order valence-corrected chi connectivity index (χ0v) is 12.6. The summed E-state index contributed by atoms with van der Waals surface area (Å²) in [6, 6.07) is 2.25. The molecule has 8 heteroatoms. The van der Waals surface area contributed by atoms with Crippen LogP contribution in [0.2, 0.25) is 0 Å². The van der Waals surface area contributed by atoms with Gasteiger partial charge in [-0.25, -0.2) is 4.98 Å². The lowest BCUT2D eigenvalue weighted by atomic mass is 9.78. The molecule has 3 rings (SSSR count). The molecule has 0 atom stereocenters. The highest BCUT2D eigenvalue weighted by molar-refractivity contribution is 5.96. The molecular formula is C14H17ClF3N3O. The maximum atomic E-state index is 12.5. The third-order valence-electron chi connectivity index (χ3n) is 4.33. The Hall–Kier alpha value is -1.34. The molecule has 1 amide bonds. The lowest BCUT2D eigenvalue weighted by molar-refractivity contribution is -0.141. The maximum Gasteiger partial charge on any atom is 0.433 e. The molecule has 2 aliphatic heterocycles. The smallest absolute Gasteiger partial charge is 0.317 e. The molecule has 0 saturated carbocycles. The summed E-state index contributed by atoms with van der Waals surface area (Å²) in [5, 5.41) is 3.26. The van der Waals surface area contributed by atoms with Gasteiger partial charge in [-0.15, -0.1) is 12.4 Å². The molecule has 1 aromatic rings. The van der Waals surface area contributed by atoms with Crippen LogP contribution in [0.3, 0.4) is 0 Å². The fourth-order valence-electron chi connectivity index (χ4n) is 3.14. The summed E-state index contributed by atoms with van der Waals surface area (Å²) >= 11 is 0. The average molecular weight is 336 g/mol. The number of rotatable bonds is 1. The van der Waals surface area contributed by atoms with Crippen molar-refractivity contribution in [3.8, 4) is 0 Å². The van der Waals surface area contributed by atoms with Gasteiger partial charge in [-0.2, -0.15) is 13.2 Å². The second-order valence-corrected chi connectivity index (χ2v) is 5.81. The van der Waals surface area contributed by atoms with Crippen molar-refractivity contribution in [2.75, 3.05) is 24.5 Å². The van der Waals surface area contributed by atoms with Gasteiger partial charge < -0.3 is 10.2 Å². The number of piperidine rings is 1. The van der Waals surface area contributed by atoms with Gasteiger partial charge in [0.15, 0.2) is 0 Å². The lowest BCUT2D eigenvalue weighted by Gasteiger charge is -2.33. The quantitative estimate of drug-likeness (QED) is 0.858. The molecule has 0 unspecified atom stereocenters. The van der Waals surface area contributed by atoms with E-state index < -0.39 is 11.9 Å². The van der Waals surface area contributed by atoms with Crippen LogP contribution in [-0.4, -0.2) is 30.5 Å². The first-order valence-electron chi connectivity index (χ1n) is 6.94. The van der Waals surface area contributed by atoms with E-state index >= 15 is 0 Å². The van der Waals surface area contributed by atoms with Gasteiger partial charge in [0, 0.05) is 13.0 Å².